The Labute approximate surface area is 222 Å². The Morgan fingerprint density at radius 1 is 1.03 bits per heavy atom. The number of anilines is 1. The molecule has 1 aliphatic rings. The predicted molar refractivity (Wildman–Crippen MR) is 142 cm³/mol. The SMILES string of the molecule is COc1cc(/C=C2\SC(=O)N(CC(=O)Nc3ccccc3)C2=O)ccc1OCc1ccc(Cl)cc1Cl. The smallest absolute Gasteiger partial charge is 0.294 e. The maximum absolute atomic E-state index is 12.8. The van der Waals surface area contributed by atoms with Crippen molar-refractivity contribution in [3.8, 4) is 11.5 Å². The summed E-state index contributed by atoms with van der Waals surface area (Å²) in [4.78, 5) is 38.6. The largest absolute Gasteiger partial charge is 0.493 e. The fourth-order valence-electron chi connectivity index (χ4n) is 3.34. The average molecular weight is 543 g/mol. The number of hydrogen-bond donors (Lipinski definition) is 1. The average Bonchev–Trinajstić information content (AvgIpc) is 3.11. The van der Waals surface area contributed by atoms with Crippen molar-refractivity contribution in [2.45, 2.75) is 6.61 Å². The molecule has 0 spiro atoms. The number of rotatable bonds is 8. The molecule has 3 aromatic carbocycles. The van der Waals surface area contributed by atoms with Crippen molar-refractivity contribution < 1.29 is 23.9 Å². The van der Waals surface area contributed by atoms with Crippen molar-refractivity contribution in [2.24, 2.45) is 0 Å². The van der Waals surface area contributed by atoms with Crippen LogP contribution in [0.4, 0.5) is 10.5 Å². The summed E-state index contributed by atoms with van der Waals surface area (Å²) in [6, 6.07) is 19.1. The lowest BCUT2D eigenvalue weighted by Crippen LogP contribution is -2.36. The van der Waals surface area contributed by atoms with Crippen LogP contribution in [0.25, 0.3) is 6.08 Å². The zero-order chi connectivity index (χ0) is 25.7. The summed E-state index contributed by atoms with van der Waals surface area (Å²) in [5.74, 6) is -0.0831. The number of thioether (sulfide) groups is 1. The highest BCUT2D eigenvalue weighted by Gasteiger charge is 2.36. The summed E-state index contributed by atoms with van der Waals surface area (Å²) in [6.45, 7) is -0.171. The summed E-state index contributed by atoms with van der Waals surface area (Å²) >= 11 is 12.9. The number of carbonyl (C=O) groups is 3. The Hall–Kier alpha value is -3.46. The number of halogens is 2. The van der Waals surface area contributed by atoms with Crippen LogP contribution in [0.2, 0.25) is 10.0 Å². The molecule has 1 heterocycles. The lowest BCUT2D eigenvalue weighted by molar-refractivity contribution is -0.127. The molecule has 0 atom stereocenters. The van der Waals surface area contributed by atoms with Crippen molar-refractivity contribution in [1.29, 1.82) is 0 Å². The molecular formula is C26H20Cl2N2O5S. The highest BCUT2D eigenvalue weighted by atomic mass is 35.5. The highest BCUT2D eigenvalue weighted by Crippen LogP contribution is 2.35. The molecule has 0 bridgehead atoms. The minimum atomic E-state index is -0.537. The van der Waals surface area contributed by atoms with Crippen LogP contribution in [-0.2, 0) is 16.2 Å². The monoisotopic (exact) mass is 542 g/mol. The highest BCUT2D eigenvalue weighted by molar-refractivity contribution is 8.18. The third kappa shape index (κ3) is 6.20. The first-order valence-corrected chi connectivity index (χ1v) is 12.3. The molecule has 184 valence electrons. The second-order valence-electron chi connectivity index (χ2n) is 7.62. The molecule has 0 aliphatic carbocycles. The van der Waals surface area contributed by atoms with Gasteiger partial charge in [0.1, 0.15) is 13.2 Å². The van der Waals surface area contributed by atoms with E-state index in [1.807, 2.05) is 6.07 Å². The first-order valence-electron chi connectivity index (χ1n) is 10.7. The van der Waals surface area contributed by atoms with E-state index >= 15 is 0 Å². The topological polar surface area (TPSA) is 84.9 Å². The molecule has 0 radical (unpaired) electrons. The molecule has 1 saturated heterocycles. The fourth-order valence-corrected chi connectivity index (χ4v) is 4.64. The Morgan fingerprint density at radius 3 is 2.53 bits per heavy atom. The molecule has 10 heteroatoms. The van der Waals surface area contributed by atoms with E-state index in [1.165, 1.54) is 7.11 Å². The van der Waals surface area contributed by atoms with Crippen LogP contribution in [0, 0.1) is 0 Å². The van der Waals surface area contributed by atoms with Crippen molar-refractivity contribution in [3.05, 3.63) is 92.8 Å². The van der Waals surface area contributed by atoms with Crippen LogP contribution in [0.5, 0.6) is 11.5 Å². The van der Waals surface area contributed by atoms with Crippen LogP contribution in [-0.4, -0.2) is 35.6 Å². The summed E-state index contributed by atoms with van der Waals surface area (Å²) in [5.41, 5.74) is 1.97. The number of nitrogens with zero attached hydrogens (tertiary/aromatic N) is 1. The lowest BCUT2D eigenvalue weighted by atomic mass is 10.1. The zero-order valence-corrected chi connectivity index (χ0v) is 21.3. The number of para-hydroxylation sites is 1. The van der Waals surface area contributed by atoms with Gasteiger partial charge >= 0.3 is 0 Å². The minimum Gasteiger partial charge on any atom is -0.493 e. The van der Waals surface area contributed by atoms with Gasteiger partial charge in [-0.15, -0.1) is 0 Å². The quantitative estimate of drug-likeness (QED) is 0.338. The molecule has 1 fully saturated rings. The van der Waals surface area contributed by atoms with Crippen LogP contribution >= 0.6 is 35.0 Å². The van der Waals surface area contributed by atoms with Crippen molar-refractivity contribution in [3.63, 3.8) is 0 Å². The van der Waals surface area contributed by atoms with Gasteiger partial charge in [0.25, 0.3) is 11.1 Å². The van der Waals surface area contributed by atoms with Gasteiger partial charge in [0.15, 0.2) is 11.5 Å². The van der Waals surface area contributed by atoms with Crippen LogP contribution in [0.3, 0.4) is 0 Å². The Balaban J connectivity index is 1.43. The third-order valence-electron chi connectivity index (χ3n) is 5.12. The molecule has 0 saturated carbocycles. The summed E-state index contributed by atoms with van der Waals surface area (Å²) in [5, 5.41) is 3.18. The van der Waals surface area contributed by atoms with Gasteiger partial charge in [-0.25, -0.2) is 0 Å². The zero-order valence-electron chi connectivity index (χ0n) is 19.0. The van der Waals surface area contributed by atoms with E-state index in [9.17, 15) is 14.4 Å². The molecule has 36 heavy (non-hydrogen) atoms. The number of carbonyl (C=O) groups excluding carboxylic acids is 3. The van der Waals surface area contributed by atoms with Gasteiger partial charge in [-0.1, -0.05) is 53.5 Å². The number of amides is 3. The van der Waals surface area contributed by atoms with Crippen molar-refractivity contribution in [2.75, 3.05) is 19.0 Å². The lowest BCUT2D eigenvalue weighted by Gasteiger charge is -2.13. The standard InChI is InChI=1S/C26H20Cl2N2O5S/c1-34-22-11-16(7-10-21(22)35-15-17-8-9-18(27)13-20(17)28)12-23-25(32)30(26(33)36-23)14-24(31)29-19-5-3-2-4-6-19/h2-13H,14-15H2,1H3,(H,29,31)/b23-12-. The van der Waals surface area contributed by atoms with Crippen LogP contribution in [0.1, 0.15) is 11.1 Å². The fraction of sp³-hybridized carbons (Fsp3) is 0.115. The van der Waals surface area contributed by atoms with E-state index in [1.54, 1.807) is 66.7 Å². The van der Waals surface area contributed by atoms with Crippen LogP contribution < -0.4 is 14.8 Å². The molecule has 4 rings (SSSR count). The number of hydrogen-bond acceptors (Lipinski definition) is 6. The van der Waals surface area contributed by atoms with Gasteiger partial charge in [-0.05, 0) is 59.8 Å². The van der Waals surface area contributed by atoms with Gasteiger partial charge in [-0.2, -0.15) is 0 Å². The number of ether oxygens (including phenoxy) is 2. The van der Waals surface area contributed by atoms with Crippen molar-refractivity contribution in [1.82, 2.24) is 4.90 Å². The second kappa shape index (κ2) is 11.5. The molecule has 7 nitrogen and oxygen atoms in total. The first-order chi connectivity index (χ1) is 17.3. The molecular weight excluding hydrogens is 523 g/mol. The van der Waals surface area contributed by atoms with Crippen molar-refractivity contribution >= 4 is 63.8 Å². The molecule has 1 aliphatic heterocycles. The molecule has 0 aromatic heterocycles. The molecule has 0 unspecified atom stereocenters. The first kappa shape index (κ1) is 25.6. The maximum Gasteiger partial charge on any atom is 0.294 e. The maximum atomic E-state index is 12.8. The molecule has 3 amide bonds. The van der Waals surface area contributed by atoms with E-state index in [4.69, 9.17) is 32.7 Å². The summed E-state index contributed by atoms with van der Waals surface area (Å²) in [7, 11) is 1.50. The van der Waals surface area contributed by atoms with Gasteiger partial charge in [0, 0.05) is 21.3 Å². The second-order valence-corrected chi connectivity index (χ2v) is 9.45. The predicted octanol–water partition coefficient (Wildman–Crippen LogP) is 6.26. The summed E-state index contributed by atoms with van der Waals surface area (Å²) in [6.07, 6.45) is 1.57. The van der Waals surface area contributed by atoms with E-state index in [-0.39, 0.29) is 18.1 Å². The number of benzene rings is 3. The van der Waals surface area contributed by atoms with Gasteiger partial charge in [-0.3, -0.25) is 19.3 Å². The van der Waals surface area contributed by atoms with Gasteiger partial charge in [0.2, 0.25) is 5.91 Å². The van der Waals surface area contributed by atoms with Gasteiger partial charge < -0.3 is 14.8 Å². The Morgan fingerprint density at radius 2 is 1.81 bits per heavy atom. The van der Waals surface area contributed by atoms with E-state index < -0.39 is 17.1 Å². The minimum absolute atomic E-state index is 0.204. The Kier molecular flexibility index (Phi) is 8.20. The van der Waals surface area contributed by atoms with E-state index in [0.717, 1.165) is 22.2 Å². The van der Waals surface area contributed by atoms with E-state index in [0.29, 0.717) is 32.8 Å². The van der Waals surface area contributed by atoms with Gasteiger partial charge in [0.05, 0.1) is 12.0 Å². The van der Waals surface area contributed by atoms with Crippen LogP contribution in [0.15, 0.2) is 71.6 Å². The Bertz CT molecular complexity index is 1350. The number of methoxy groups -OCH3 is 1. The molecule has 1 N–H and O–H groups in total. The normalized spacial score (nSPS) is 14.3. The number of nitrogens with one attached hydrogen (secondary N) is 1. The third-order valence-corrected chi connectivity index (χ3v) is 6.61. The van der Waals surface area contributed by atoms with E-state index in [2.05, 4.69) is 5.32 Å². The molecule has 3 aromatic rings. The summed E-state index contributed by atoms with van der Waals surface area (Å²) < 4.78 is 11.3. The number of imide groups is 1.